The van der Waals surface area contributed by atoms with E-state index in [0.717, 1.165) is 37.7 Å². The van der Waals surface area contributed by atoms with Gasteiger partial charge in [0.05, 0.1) is 0 Å². The average molecular weight is 290 g/mol. The number of nitrogens with zero attached hydrogens (tertiary/aromatic N) is 3. The molecule has 1 aliphatic heterocycles. The molecule has 0 aliphatic carbocycles. The van der Waals surface area contributed by atoms with Gasteiger partial charge in [0, 0.05) is 38.1 Å². The largest absolute Gasteiger partial charge is 0.368 e. The maximum Gasteiger partial charge on any atom is 0.198 e. The average Bonchev–Trinajstić information content (AvgIpc) is 2.48. The molecule has 20 heavy (non-hydrogen) atoms. The van der Waals surface area contributed by atoms with Gasteiger partial charge in [-0.05, 0) is 42.5 Å². The van der Waals surface area contributed by atoms with E-state index in [-0.39, 0.29) is 5.82 Å². The van der Waals surface area contributed by atoms with Crippen LogP contribution in [-0.4, -0.2) is 36.1 Å². The van der Waals surface area contributed by atoms with Crippen LogP contribution in [0.1, 0.15) is 0 Å². The summed E-state index contributed by atoms with van der Waals surface area (Å²) in [5.41, 5.74) is 1.06. The monoisotopic (exact) mass is 290 g/mol. The summed E-state index contributed by atoms with van der Waals surface area (Å²) in [4.78, 5) is 11.6. The lowest BCUT2D eigenvalue weighted by molar-refractivity contribution is 0.624. The van der Waals surface area contributed by atoms with Gasteiger partial charge in [-0.1, -0.05) is 0 Å². The minimum Gasteiger partial charge on any atom is -0.368 e. The van der Waals surface area contributed by atoms with Gasteiger partial charge in [-0.25, -0.2) is 9.37 Å². The first kappa shape index (κ1) is 13.1. The molecular weight excluding hydrogens is 275 g/mol. The van der Waals surface area contributed by atoms with Crippen LogP contribution in [0.5, 0.6) is 0 Å². The zero-order chi connectivity index (χ0) is 13.9. The van der Waals surface area contributed by atoms with Crippen molar-refractivity contribution in [3.8, 4) is 0 Å². The van der Waals surface area contributed by atoms with Crippen LogP contribution in [0.2, 0.25) is 0 Å². The van der Waals surface area contributed by atoms with Crippen molar-refractivity contribution in [3.05, 3.63) is 47.1 Å². The van der Waals surface area contributed by atoms with Gasteiger partial charge >= 0.3 is 0 Å². The first-order valence-electron chi connectivity index (χ1n) is 6.53. The van der Waals surface area contributed by atoms with Gasteiger partial charge in [0.2, 0.25) is 0 Å². The predicted molar refractivity (Wildman–Crippen MR) is 80.2 cm³/mol. The zero-order valence-corrected chi connectivity index (χ0v) is 11.7. The minimum absolute atomic E-state index is 0.197. The summed E-state index contributed by atoms with van der Waals surface area (Å²) in [5, 5.41) is 0. The first-order chi connectivity index (χ1) is 9.72. The van der Waals surface area contributed by atoms with Gasteiger partial charge < -0.3 is 14.8 Å². The predicted octanol–water partition coefficient (Wildman–Crippen LogP) is 2.60. The van der Waals surface area contributed by atoms with E-state index >= 15 is 0 Å². The second-order valence-electron chi connectivity index (χ2n) is 4.71. The Kier molecular flexibility index (Phi) is 3.64. The van der Waals surface area contributed by atoms with E-state index in [1.54, 1.807) is 6.20 Å². The number of benzene rings is 1. The molecule has 0 bridgehead atoms. The van der Waals surface area contributed by atoms with Gasteiger partial charge in [0.25, 0.3) is 0 Å². The molecule has 1 fully saturated rings. The van der Waals surface area contributed by atoms with Crippen LogP contribution in [0.4, 0.5) is 15.9 Å². The van der Waals surface area contributed by atoms with Crippen LogP contribution >= 0.6 is 12.2 Å². The van der Waals surface area contributed by atoms with Crippen molar-refractivity contribution >= 4 is 23.7 Å². The standard InChI is InChI=1S/C14H15FN4S/c15-11-1-3-12(4-2-11)18-7-9-19(10-8-18)13-5-6-16-14(20)17-13/h1-6H,7-10H2,(H,16,17,20). The summed E-state index contributed by atoms with van der Waals surface area (Å²) < 4.78 is 13.4. The molecule has 6 heteroatoms. The number of rotatable bonds is 2. The maximum atomic E-state index is 12.9. The fourth-order valence-electron chi connectivity index (χ4n) is 2.40. The molecule has 0 saturated carbocycles. The molecule has 1 aromatic heterocycles. The summed E-state index contributed by atoms with van der Waals surface area (Å²) in [6.45, 7) is 3.59. The third-order valence-corrected chi connectivity index (χ3v) is 3.68. The van der Waals surface area contributed by atoms with Crippen molar-refractivity contribution in [2.45, 2.75) is 0 Å². The van der Waals surface area contributed by atoms with E-state index in [1.807, 2.05) is 18.2 Å². The highest BCUT2D eigenvalue weighted by Crippen LogP contribution is 2.19. The number of aromatic amines is 1. The minimum atomic E-state index is -0.197. The molecule has 0 amide bonds. The highest BCUT2D eigenvalue weighted by atomic mass is 32.1. The Hall–Kier alpha value is -1.95. The Balaban J connectivity index is 1.67. The summed E-state index contributed by atoms with van der Waals surface area (Å²) in [5.74, 6) is 0.806. The van der Waals surface area contributed by atoms with Crippen molar-refractivity contribution in [1.29, 1.82) is 0 Å². The number of halogens is 1. The summed E-state index contributed by atoms with van der Waals surface area (Å²) in [6, 6.07) is 8.59. The highest BCUT2D eigenvalue weighted by molar-refractivity contribution is 7.71. The lowest BCUT2D eigenvalue weighted by Crippen LogP contribution is -2.46. The molecule has 1 N–H and O–H groups in total. The number of piperazine rings is 1. The Morgan fingerprint density at radius 1 is 1.00 bits per heavy atom. The number of aromatic nitrogens is 2. The SMILES string of the molecule is Fc1ccc(N2CCN(c3ccnc(=S)[nH]3)CC2)cc1. The molecule has 2 heterocycles. The molecule has 0 unspecified atom stereocenters. The Bertz CT molecular complexity index is 632. The van der Waals surface area contributed by atoms with E-state index in [2.05, 4.69) is 19.8 Å². The molecule has 0 atom stereocenters. The van der Waals surface area contributed by atoms with Gasteiger partial charge in [-0.3, -0.25) is 0 Å². The number of hydrogen-bond donors (Lipinski definition) is 1. The highest BCUT2D eigenvalue weighted by Gasteiger charge is 2.17. The quantitative estimate of drug-likeness (QED) is 0.862. The zero-order valence-electron chi connectivity index (χ0n) is 10.9. The second kappa shape index (κ2) is 5.58. The van der Waals surface area contributed by atoms with Crippen LogP contribution in [0, 0.1) is 10.6 Å². The van der Waals surface area contributed by atoms with Crippen molar-refractivity contribution in [3.63, 3.8) is 0 Å². The van der Waals surface area contributed by atoms with Crippen LogP contribution in [-0.2, 0) is 0 Å². The topological polar surface area (TPSA) is 35.2 Å². The first-order valence-corrected chi connectivity index (χ1v) is 6.94. The third-order valence-electron chi connectivity index (χ3n) is 3.47. The maximum absolute atomic E-state index is 12.9. The third kappa shape index (κ3) is 2.80. The second-order valence-corrected chi connectivity index (χ2v) is 5.10. The smallest absolute Gasteiger partial charge is 0.198 e. The lowest BCUT2D eigenvalue weighted by Gasteiger charge is -2.37. The molecular formula is C14H15FN4S. The fraction of sp³-hybridized carbons (Fsp3) is 0.286. The molecule has 4 nitrogen and oxygen atoms in total. The molecule has 0 radical (unpaired) electrons. The number of anilines is 2. The van der Waals surface area contributed by atoms with Crippen molar-refractivity contribution in [2.24, 2.45) is 0 Å². The van der Waals surface area contributed by atoms with E-state index in [4.69, 9.17) is 12.2 Å². The van der Waals surface area contributed by atoms with Crippen molar-refractivity contribution in [1.82, 2.24) is 9.97 Å². The van der Waals surface area contributed by atoms with Crippen molar-refractivity contribution < 1.29 is 4.39 Å². The van der Waals surface area contributed by atoms with E-state index in [9.17, 15) is 4.39 Å². The van der Waals surface area contributed by atoms with Gasteiger partial charge in [-0.15, -0.1) is 0 Å². The van der Waals surface area contributed by atoms with E-state index < -0.39 is 0 Å². The molecule has 2 aromatic rings. The van der Waals surface area contributed by atoms with Crippen LogP contribution < -0.4 is 9.80 Å². The van der Waals surface area contributed by atoms with Crippen LogP contribution in [0.25, 0.3) is 0 Å². The number of H-pyrrole nitrogens is 1. The summed E-state index contributed by atoms with van der Waals surface area (Å²) >= 11 is 5.04. The van der Waals surface area contributed by atoms with Gasteiger partial charge in [0.15, 0.2) is 4.77 Å². The molecule has 1 saturated heterocycles. The van der Waals surface area contributed by atoms with Crippen molar-refractivity contribution in [2.75, 3.05) is 36.0 Å². The van der Waals surface area contributed by atoms with Crippen LogP contribution in [0.3, 0.4) is 0 Å². The van der Waals surface area contributed by atoms with Crippen LogP contribution in [0.15, 0.2) is 36.5 Å². The molecule has 104 valence electrons. The number of nitrogens with one attached hydrogen (secondary N) is 1. The number of hydrogen-bond acceptors (Lipinski definition) is 4. The fourth-order valence-corrected chi connectivity index (χ4v) is 2.57. The molecule has 3 rings (SSSR count). The Morgan fingerprint density at radius 3 is 2.30 bits per heavy atom. The van der Waals surface area contributed by atoms with E-state index in [0.29, 0.717) is 4.77 Å². The normalized spacial score (nSPS) is 15.4. The Morgan fingerprint density at radius 2 is 1.65 bits per heavy atom. The summed E-state index contributed by atoms with van der Waals surface area (Å²) in [7, 11) is 0. The Labute approximate surface area is 121 Å². The van der Waals surface area contributed by atoms with Gasteiger partial charge in [0.1, 0.15) is 11.6 Å². The van der Waals surface area contributed by atoms with E-state index in [1.165, 1.54) is 12.1 Å². The lowest BCUT2D eigenvalue weighted by atomic mass is 10.2. The molecule has 1 aromatic carbocycles. The molecule has 0 spiro atoms. The van der Waals surface area contributed by atoms with Gasteiger partial charge in [-0.2, -0.15) is 0 Å². The molecule has 1 aliphatic rings. The summed E-state index contributed by atoms with van der Waals surface area (Å²) in [6.07, 6.45) is 1.72.